The van der Waals surface area contributed by atoms with Crippen molar-refractivity contribution in [2.24, 2.45) is 0 Å². The van der Waals surface area contributed by atoms with Crippen molar-refractivity contribution in [2.75, 3.05) is 4.90 Å². The molecule has 0 saturated heterocycles. The second-order valence-electron chi connectivity index (χ2n) is 15.8. The molecule has 0 N–H and O–H groups in total. The van der Waals surface area contributed by atoms with Gasteiger partial charge >= 0.3 is 0 Å². The summed E-state index contributed by atoms with van der Waals surface area (Å²) in [5.74, 6) is 0.926. The lowest BCUT2D eigenvalue weighted by atomic mass is 9.97. The lowest BCUT2D eigenvalue weighted by Crippen LogP contribution is -2.09. The van der Waals surface area contributed by atoms with Crippen LogP contribution in [0.25, 0.3) is 88.3 Å². The van der Waals surface area contributed by atoms with E-state index in [1.54, 1.807) is 0 Å². The van der Waals surface area contributed by atoms with Crippen LogP contribution in [0.15, 0.2) is 235 Å². The van der Waals surface area contributed by atoms with E-state index in [0.29, 0.717) is 0 Å². The third kappa shape index (κ3) is 6.84. The Morgan fingerprint density at radius 3 is 1.43 bits per heavy atom. The maximum Gasteiger partial charge on any atom is 0.138 e. The predicted molar refractivity (Wildman–Crippen MR) is 258 cm³/mol. The molecule has 0 unspecified atom stereocenters. The Bertz CT molecular complexity index is 3330. The number of para-hydroxylation sites is 1. The lowest BCUT2D eigenvalue weighted by molar-refractivity contribution is 0.629. The summed E-state index contributed by atoms with van der Waals surface area (Å²) in [6, 6.07) is 83.0. The highest BCUT2D eigenvalue weighted by molar-refractivity contribution is 5.97. The Hall–Kier alpha value is -7.94. The minimum absolute atomic E-state index is 0.920. The zero-order valence-electron chi connectivity index (χ0n) is 33.8. The summed E-state index contributed by atoms with van der Waals surface area (Å²) in [6.07, 6.45) is 0. The van der Waals surface area contributed by atoms with Gasteiger partial charge in [0.2, 0.25) is 0 Å². The SMILES string of the molecule is Cc1c(-c2cccc(-c3ccc(-c4ccc(N(c5ccc(-c6ccc7ccccc7c6)cc5)c5ccc(-c6cccc7ccccc67)cc5)cc4)cc3)c2)oc2ccccc12. The average Bonchev–Trinajstić information content (AvgIpc) is 3.68. The van der Waals surface area contributed by atoms with Crippen molar-refractivity contribution in [3.05, 3.63) is 236 Å². The van der Waals surface area contributed by atoms with E-state index in [0.717, 1.165) is 44.9 Å². The number of hydrogen-bond donors (Lipinski definition) is 0. The van der Waals surface area contributed by atoms with Crippen LogP contribution < -0.4 is 4.90 Å². The summed E-state index contributed by atoms with van der Waals surface area (Å²) in [5, 5.41) is 6.16. The molecule has 0 spiro atoms. The van der Waals surface area contributed by atoms with E-state index in [-0.39, 0.29) is 0 Å². The molecular formula is C59H41NO. The molecule has 10 aromatic carbocycles. The second-order valence-corrected chi connectivity index (χ2v) is 15.8. The fourth-order valence-electron chi connectivity index (χ4n) is 8.83. The molecule has 2 nitrogen and oxygen atoms in total. The van der Waals surface area contributed by atoms with Crippen molar-refractivity contribution in [1.29, 1.82) is 0 Å². The second kappa shape index (κ2) is 15.3. The van der Waals surface area contributed by atoms with Gasteiger partial charge in [-0.15, -0.1) is 0 Å². The number of furan rings is 1. The molecule has 0 aliphatic rings. The van der Waals surface area contributed by atoms with Gasteiger partial charge in [0, 0.05) is 33.6 Å². The summed E-state index contributed by atoms with van der Waals surface area (Å²) in [7, 11) is 0. The standard InChI is InChI=1S/C59H41NO/c1-40-55-16-6-7-19-58(55)61-59(40)51-15-8-14-49(39-51)44-22-20-42(21-23-44)43-26-32-52(33-27-43)60(53-34-28-45(29-35-53)50-25-24-41-10-2-3-12-48(41)38-50)54-36-30-47(31-37-54)57-18-9-13-46-11-4-5-17-56(46)57/h2-39H,1H3. The molecule has 11 aromatic rings. The van der Waals surface area contributed by atoms with Crippen LogP contribution in [0.4, 0.5) is 17.1 Å². The van der Waals surface area contributed by atoms with Gasteiger partial charge in [-0.2, -0.15) is 0 Å². The maximum absolute atomic E-state index is 6.31. The third-order valence-electron chi connectivity index (χ3n) is 12.1. The molecule has 0 aliphatic carbocycles. The van der Waals surface area contributed by atoms with Crippen LogP contribution in [0.2, 0.25) is 0 Å². The number of nitrogens with zero attached hydrogens (tertiary/aromatic N) is 1. The summed E-state index contributed by atoms with van der Waals surface area (Å²) < 4.78 is 6.31. The van der Waals surface area contributed by atoms with Crippen LogP contribution in [0.3, 0.4) is 0 Å². The summed E-state index contributed by atoms with van der Waals surface area (Å²) in [4.78, 5) is 2.35. The molecule has 0 bridgehead atoms. The zero-order chi connectivity index (χ0) is 40.7. The van der Waals surface area contributed by atoms with Crippen LogP contribution in [-0.4, -0.2) is 0 Å². The molecular weight excluding hydrogens is 739 g/mol. The molecule has 0 aliphatic heterocycles. The molecule has 1 heterocycles. The van der Waals surface area contributed by atoms with E-state index in [9.17, 15) is 0 Å². The van der Waals surface area contributed by atoms with Crippen molar-refractivity contribution >= 4 is 49.6 Å². The quantitative estimate of drug-likeness (QED) is 0.153. The third-order valence-corrected chi connectivity index (χ3v) is 12.1. The first-order valence-corrected chi connectivity index (χ1v) is 20.9. The molecule has 11 rings (SSSR count). The van der Waals surface area contributed by atoms with Gasteiger partial charge in [-0.3, -0.25) is 0 Å². The van der Waals surface area contributed by atoms with E-state index in [4.69, 9.17) is 4.42 Å². The Kier molecular flexibility index (Phi) is 9.09. The van der Waals surface area contributed by atoms with Crippen LogP contribution >= 0.6 is 0 Å². The van der Waals surface area contributed by atoms with E-state index >= 15 is 0 Å². The number of hydrogen-bond acceptors (Lipinski definition) is 2. The van der Waals surface area contributed by atoms with Crippen molar-refractivity contribution in [2.45, 2.75) is 6.92 Å². The van der Waals surface area contributed by atoms with Crippen molar-refractivity contribution in [3.63, 3.8) is 0 Å². The highest BCUT2D eigenvalue weighted by Gasteiger charge is 2.16. The summed E-state index contributed by atoms with van der Waals surface area (Å²) in [6.45, 7) is 2.14. The maximum atomic E-state index is 6.31. The highest BCUT2D eigenvalue weighted by atomic mass is 16.3. The Morgan fingerprint density at radius 1 is 0.311 bits per heavy atom. The van der Waals surface area contributed by atoms with E-state index in [1.807, 2.05) is 12.1 Å². The van der Waals surface area contributed by atoms with E-state index in [1.165, 1.54) is 66.1 Å². The molecule has 0 atom stereocenters. The van der Waals surface area contributed by atoms with Crippen LogP contribution in [0, 0.1) is 6.92 Å². The molecule has 1 aromatic heterocycles. The van der Waals surface area contributed by atoms with Gasteiger partial charge in [0.1, 0.15) is 11.3 Å². The first kappa shape index (κ1) is 36.2. The summed E-state index contributed by atoms with van der Waals surface area (Å²) >= 11 is 0. The van der Waals surface area contributed by atoms with E-state index in [2.05, 4.69) is 230 Å². The Morgan fingerprint density at radius 2 is 0.770 bits per heavy atom. The van der Waals surface area contributed by atoms with Gasteiger partial charge in [-0.25, -0.2) is 0 Å². The van der Waals surface area contributed by atoms with Crippen LogP contribution in [0.5, 0.6) is 0 Å². The molecule has 0 amide bonds. The fraction of sp³-hybridized carbons (Fsp3) is 0.0169. The summed E-state index contributed by atoms with van der Waals surface area (Å²) in [5.41, 5.74) is 16.0. The minimum Gasteiger partial charge on any atom is -0.456 e. The number of benzene rings is 10. The number of anilines is 3. The van der Waals surface area contributed by atoms with Gasteiger partial charge in [-0.05, 0) is 128 Å². The minimum atomic E-state index is 0.920. The van der Waals surface area contributed by atoms with Crippen molar-refractivity contribution in [3.8, 4) is 55.8 Å². The Balaban J connectivity index is 0.906. The Labute approximate surface area is 356 Å². The molecule has 0 fully saturated rings. The first-order valence-electron chi connectivity index (χ1n) is 20.9. The van der Waals surface area contributed by atoms with Gasteiger partial charge in [0.25, 0.3) is 0 Å². The molecule has 288 valence electrons. The normalized spacial score (nSPS) is 11.4. The molecule has 61 heavy (non-hydrogen) atoms. The monoisotopic (exact) mass is 779 g/mol. The number of fused-ring (bicyclic) bond motifs is 3. The van der Waals surface area contributed by atoms with Gasteiger partial charge in [-0.1, -0.05) is 176 Å². The van der Waals surface area contributed by atoms with Gasteiger partial charge in [0.15, 0.2) is 0 Å². The van der Waals surface area contributed by atoms with Crippen LogP contribution in [0.1, 0.15) is 5.56 Å². The predicted octanol–water partition coefficient (Wildman–Crippen LogP) is 16.9. The van der Waals surface area contributed by atoms with Crippen LogP contribution in [-0.2, 0) is 0 Å². The van der Waals surface area contributed by atoms with Gasteiger partial charge < -0.3 is 9.32 Å². The molecule has 2 heteroatoms. The largest absolute Gasteiger partial charge is 0.456 e. The lowest BCUT2D eigenvalue weighted by Gasteiger charge is -2.26. The molecule has 0 saturated carbocycles. The van der Waals surface area contributed by atoms with E-state index < -0.39 is 0 Å². The number of aryl methyl sites for hydroxylation is 1. The van der Waals surface area contributed by atoms with Gasteiger partial charge in [0.05, 0.1) is 0 Å². The molecule has 0 radical (unpaired) electrons. The van der Waals surface area contributed by atoms with Crippen molar-refractivity contribution in [1.82, 2.24) is 0 Å². The first-order chi connectivity index (χ1) is 30.1. The fourth-order valence-corrected chi connectivity index (χ4v) is 8.83. The smallest absolute Gasteiger partial charge is 0.138 e. The topological polar surface area (TPSA) is 16.4 Å². The van der Waals surface area contributed by atoms with Crippen molar-refractivity contribution < 1.29 is 4.42 Å². The number of rotatable bonds is 8. The zero-order valence-corrected chi connectivity index (χ0v) is 33.8. The average molecular weight is 780 g/mol. The highest BCUT2D eigenvalue weighted by Crippen LogP contribution is 2.40.